The van der Waals surface area contributed by atoms with Gasteiger partial charge in [-0.2, -0.15) is 4.91 Å². The number of nitrogens with zero attached hydrogens (tertiary/aromatic N) is 1. The topological polar surface area (TPSA) is 29.4 Å². The van der Waals surface area contributed by atoms with Crippen molar-refractivity contribution in [3.63, 3.8) is 0 Å². The highest BCUT2D eigenvalue weighted by molar-refractivity contribution is 4.52. The average molecular weight is 424 g/mol. The van der Waals surface area contributed by atoms with Gasteiger partial charge in [0.25, 0.3) is 0 Å². The first-order valence-corrected chi connectivity index (χ1v) is 14.2. The number of hydrogen-bond acceptors (Lipinski definition) is 2. The molecule has 30 heavy (non-hydrogen) atoms. The Balaban J connectivity index is 2.98. The zero-order chi connectivity index (χ0) is 21.8. The highest BCUT2D eigenvalue weighted by atomic mass is 16.3. The Bertz CT molecular complexity index is 305. The molecule has 0 spiro atoms. The van der Waals surface area contributed by atoms with Gasteiger partial charge in [0.15, 0.2) is 0 Å². The van der Waals surface area contributed by atoms with Crippen LogP contribution in [0.3, 0.4) is 0 Å². The van der Waals surface area contributed by atoms with E-state index in [1.165, 1.54) is 161 Å². The van der Waals surface area contributed by atoms with Crippen LogP contribution in [0, 0.1) is 4.91 Å². The largest absolute Gasteiger partial charge is 0.151 e. The molecule has 0 saturated heterocycles. The molecule has 0 aromatic carbocycles. The van der Waals surface area contributed by atoms with Crippen molar-refractivity contribution in [3.8, 4) is 0 Å². The Morgan fingerprint density at radius 3 is 0.733 bits per heavy atom. The number of unbranched alkanes of at least 4 members (excludes halogenated alkanes) is 25. The summed E-state index contributed by atoms with van der Waals surface area (Å²) in [5, 5.41) is 2.92. The molecule has 0 amide bonds. The SMILES string of the molecule is CCCCCCCCCCCCCCCCCCCCCCCCCCCCN=O. The lowest BCUT2D eigenvalue weighted by Gasteiger charge is -2.04. The molecule has 0 bridgehead atoms. The summed E-state index contributed by atoms with van der Waals surface area (Å²) in [5.41, 5.74) is 0. The predicted molar refractivity (Wildman–Crippen MR) is 136 cm³/mol. The minimum absolute atomic E-state index is 0.513. The Morgan fingerprint density at radius 2 is 0.533 bits per heavy atom. The predicted octanol–water partition coefficient (Wildman–Crippen LogP) is 10.9. The van der Waals surface area contributed by atoms with Crippen LogP contribution in [0.4, 0.5) is 0 Å². The third-order valence-electron chi connectivity index (χ3n) is 6.60. The Morgan fingerprint density at radius 1 is 0.333 bits per heavy atom. The highest BCUT2D eigenvalue weighted by Crippen LogP contribution is 2.15. The first kappa shape index (κ1) is 29.6. The molecule has 0 unspecified atom stereocenters. The van der Waals surface area contributed by atoms with Crippen LogP contribution in [0.1, 0.15) is 174 Å². The molecule has 180 valence electrons. The zero-order valence-electron chi connectivity index (χ0n) is 20.9. The van der Waals surface area contributed by atoms with Gasteiger partial charge in [-0.25, -0.2) is 0 Å². The van der Waals surface area contributed by atoms with E-state index in [4.69, 9.17) is 0 Å². The number of hydrogen-bond donors (Lipinski definition) is 0. The van der Waals surface area contributed by atoms with E-state index >= 15 is 0 Å². The molecular formula is C28H57NO. The molecule has 0 aliphatic heterocycles. The number of nitroso groups, excluding NO2 is 1. The van der Waals surface area contributed by atoms with Crippen LogP contribution in [0.25, 0.3) is 0 Å². The maximum atomic E-state index is 9.99. The van der Waals surface area contributed by atoms with E-state index in [1.54, 1.807) is 0 Å². The fourth-order valence-corrected chi connectivity index (χ4v) is 4.49. The highest BCUT2D eigenvalue weighted by Gasteiger charge is 1.96. The molecule has 0 fully saturated rings. The van der Waals surface area contributed by atoms with Gasteiger partial charge < -0.3 is 0 Å². The maximum Gasteiger partial charge on any atom is 0.0811 e. The molecular weight excluding hydrogens is 366 g/mol. The van der Waals surface area contributed by atoms with Crippen molar-refractivity contribution in [1.82, 2.24) is 0 Å². The molecule has 0 aliphatic carbocycles. The van der Waals surface area contributed by atoms with Crippen molar-refractivity contribution in [2.45, 2.75) is 174 Å². The lowest BCUT2D eigenvalue weighted by molar-refractivity contribution is 0.515. The van der Waals surface area contributed by atoms with Crippen molar-refractivity contribution in [2.24, 2.45) is 5.18 Å². The third kappa shape index (κ3) is 27.6. The van der Waals surface area contributed by atoms with Crippen LogP contribution >= 0.6 is 0 Å². The summed E-state index contributed by atoms with van der Waals surface area (Å²) in [6.07, 6.45) is 36.8. The smallest absolute Gasteiger partial charge is 0.0811 e. The second-order valence-electron chi connectivity index (χ2n) is 9.69. The summed E-state index contributed by atoms with van der Waals surface area (Å²) in [6, 6.07) is 0. The minimum Gasteiger partial charge on any atom is -0.151 e. The van der Waals surface area contributed by atoms with Gasteiger partial charge >= 0.3 is 0 Å². The fraction of sp³-hybridized carbons (Fsp3) is 1.00. The van der Waals surface area contributed by atoms with E-state index in [9.17, 15) is 4.91 Å². The lowest BCUT2D eigenvalue weighted by Crippen LogP contribution is -1.85. The summed E-state index contributed by atoms with van der Waals surface area (Å²) >= 11 is 0. The summed E-state index contributed by atoms with van der Waals surface area (Å²) in [4.78, 5) is 9.99. The van der Waals surface area contributed by atoms with E-state index in [2.05, 4.69) is 12.1 Å². The molecule has 0 aromatic rings. The van der Waals surface area contributed by atoms with Crippen LogP contribution in [0.15, 0.2) is 5.18 Å². The van der Waals surface area contributed by atoms with Crippen LogP contribution in [-0.4, -0.2) is 6.54 Å². The van der Waals surface area contributed by atoms with Gasteiger partial charge in [0.2, 0.25) is 0 Å². The van der Waals surface area contributed by atoms with Crippen molar-refractivity contribution in [2.75, 3.05) is 6.54 Å². The summed E-state index contributed by atoms with van der Waals surface area (Å²) in [7, 11) is 0. The molecule has 2 nitrogen and oxygen atoms in total. The van der Waals surface area contributed by atoms with Crippen molar-refractivity contribution < 1.29 is 0 Å². The van der Waals surface area contributed by atoms with Crippen LogP contribution < -0.4 is 0 Å². The summed E-state index contributed by atoms with van der Waals surface area (Å²) in [5.74, 6) is 0. The van der Waals surface area contributed by atoms with Crippen molar-refractivity contribution in [1.29, 1.82) is 0 Å². The second-order valence-corrected chi connectivity index (χ2v) is 9.69. The maximum absolute atomic E-state index is 9.99. The van der Waals surface area contributed by atoms with Gasteiger partial charge in [-0.3, -0.25) is 0 Å². The van der Waals surface area contributed by atoms with Crippen LogP contribution in [0.2, 0.25) is 0 Å². The molecule has 2 heteroatoms. The van der Waals surface area contributed by atoms with E-state index in [0.717, 1.165) is 6.42 Å². The molecule has 0 radical (unpaired) electrons. The van der Waals surface area contributed by atoms with E-state index in [0.29, 0.717) is 6.54 Å². The molecule has 0 saturated carbocycles. The normalized spacial score (nSPS) is 11.2. The average Bonchev–Trinajstić information content (AvgIpc) is 2.76. The third-order valence-corrected chi connectivity index (χ3v) is 6.60. The van der Waals surface area contributed by atoms with E-state index in [-0.39, 0.29) is 0 Å². The first-order valence-electron chi connectivity index (χ1n) is 14.2. The Hall–Kier alpha value is -0.400. The van der Waals surface area contributed by atoms with Gasteiger partial charge in [0, 0.05) is 0 Å². The standard InChI is InChI=1S/C28H57NO/c1-2-3-4-5-6-7-8-9-10-11-12-13-14-15-16-17-18-19-20-21-22-23-24-25-26-27-28-29-30/h2-28H2,1H3. The van der Waals surface area contributed by atoms with Crippen molar-refractivity contribution >= 4 is 0 Å². The fourth-order valence-electron chi connectivity index (χ4n) is 4.49. The second kappa shape index (κ2) is 28.6. The lowest BCUT2D eigenvalue weighted by atomic mass is 10.0. The Labute approximate surface area is 190 Å². The van der Waals surface area contributed by atoms with Crippen LogP contribution in [0.5, 0.6) is 0 Å². The van der Waals surface area contributed by atoms with E-state index < -0.39 is 0 Å². The first-order chi connectivity index (χ1) is 14.9. The zero-order valence-corrected chi connectivity index (χ0v) is 20.9. The molecule has 0 heterocycles. The monoisotopic (exact) mass is 423 g/mol. The summed E-state index contributed by atoms with van der Waals surface area (Å²) in [6.45, 7) is 2.81. The molecule has 0 atom stereocenters. The van der Waals surface area contributed by atoms with Gasteiger partial charge in [-0.1, -0.05) is 173 Å². The van der Waals surface area contributed by atoms with E-state index in [1.807, 2.05) is 0 Å². The number of rotatable bonds is 27. The van der Waals surface area contributed by atoms with Crippen LogP contribution in [-0.2, 0) is 0 Å². The quantitative estimate of drug-likeness (QED) is 0.0953. The van der Waals surface area contributed by atoms with Crippen molar-refractivity contribution in [3.05, 3.63) is 4.91 Å². The molecule has 0 aliphatic rings. The molecule has 0 N–H and O–H groups in total. The Kier molecular flexibility index (Phi) is 28.2. The van der Waals surface area contributed by atoms with Gasteiger partial charge in [-0.05, 0) is 6.42 Å². The van der Waals surface area contributed by atoms with Gasteiger partial charge in [0.05, 0.1) is 6.54 Å². The van der Waals surface area contributed by atoms with Gasteiger partial charge in [-0.15, -0.1) is 0 Å². The van der Waals surface area contributed by atoms with Gasteiger partial charge in [0.1, 0.15) is 0 Å². The summed E-state index contributed by atoms with van der Waals surface area (Å²) < 4.78 is 0. The minimum atomic E-state index is 0.513. The molecule has 0 rings (SSSR count). The molecule has 0 aromatic heterocycles.